The van der Waals surface area contributed by atoms with Gasteiger partial charge < -0.3 is 14.6 Å². The standard InChI is InChI=1S/C13H17NO3/c15-9-12-10-17-7-6-14(12)8-13(16)11-4-2-1-3-5-11/h1-5,9,12-13,16H,6-8,10H2. The van der Waals surface area contributed by atoms with Crippen molar-refractivity contribution < 1.29 is 14.6 Å². The number of hydrogen-bond donors (Lipinski definition) is 1. The molecule has 92 valence electrons. The Labute approximate surface area is 101 Å². The van der Waals surface area contributed by atoms with E-state index in [-0.39, 0.29) is 6.04 Å². The number of nitrogens with zero attached hydrogens (tertiary/aromatic N) is 1. The molecule has 1 heterocycles. The second kappa shape index (κ2) is 5.91. The van der Waals surface area contributed by atoms with Crippen molar-refractivity contribution in [2.24, 2.45) is 0 Å². The second-order valence-electron chi connectivity index (χ2n) is 4.20. The van der Waals surface area contributed by atoms with Crippen molar-refractivity contribution in [3.05, 3.63) is 35.9 Å². The Bertz CT molecular complexity index is 355. The van der Waals surface area contributed by atoms with Crippen LogP contribution >= 0.6 is 0 Å². The first-order chi connectivity index (χ1) is 8.31. The fourth-order valence-electron chi connectivity index (χ4n) is 2.01. The molecule has 2 atom stereocenters. The topological polar surface area (TPSA) is 49.8 Å². The summed E-state index contributed by atoms with van der Waals surface area (Å²) in [5.41, 5.74) is 0.878. The van der Waals surface area contributed by atoms with E-state index in [4.69, 9.17) is 4.74 Å². The minimum absolute atomic E-state index is 0.234. The van der Waals surface area contributed by atoms with Crippen LogP contribution in [0.15, 0.2) is 30.3 Å². The zero-order chi connectivity index (χ0) is 12.1. The highest BCUT2D eigenvalue weighted by molar-refractivity contribution is 5.58. The van der Waals surface area contributed by atoms with E-state index in [1.807, 2.05) is 35.2 Å². The number of aldehydes is 1. The van der Waals surface area contributed by atoms with Crippen LogP contribution in [0.3, 0.4) is 0 Å². The molecule has 0 aliphatic carbocycles. The molecule has 0 amide bonds. The number of hydrogen-bond acceptors (Lipinski definition) is 4. The lowest BCUT2D eigenvalue weighted by atomic mass is 10.1. The van der Waals surface area contributed by atoms with E-state index in [9.17, 15) is 9.90 Å². The van der Waals surface area contributed by atoms with Gasteiger partial charge in [-0.05, 0) is 5.56 Å². The Morgan fingerprint density at radius 1 is 1.47 bits per heavy atom. The largest absolute Gasteiger partial charge is 0.387 e. The summed E-state index contributed by atoms with van der Waals surface area (Å²) in [4.78, 5) is 12.9. The summed E-state index contributed by atoms with van der Waals surface area (Å²) in [6.07, 6.45) is 0.327. The summed E-state index contributed by atoms with van der Waals surface area (Å²) >= 11 is 0. The molecule has 0 spiro atoms. The SMILES string of the molecule is O=CC1COCCN1CC(O)c1ccccc1. The fourth-order valence-corrected chi connectivity index (χ4v) is 2.01. The number of carbonyl (C=O) groups is 1. The summed E-state index contributed by atoms with van der Waals surface area (Å²) in [5, 5.41) is 10.1. The van der Waals surface area contributed by atoms with E-state index >= 15 is 0 Å². The van der Waals surface area contributed by atoms with Crippen LogP contribution in [-0.2, 0) is 9.53 Å². The molecule has 0 bridgehead atoms. The molecule has 1 aliphatic heterocycles. The average Bonchev–Trinajstić information content (AvgIpc) is 2.40. The van der Waals surface area contributed by atoms with E-state index in [2.05, 4.69) is 0 Å². The molecule has 0 saturated carbocycles. The van der Waals surface area contributed by atoms with Crippen molar-refractivity contribution in [3.8, 4) is 0 Å². The minimum Gasteiger partial charge on any atom is -0.387 e. The number of carbonyl (C=O) groups excluding carboxylic acids is 1. The first-order valence-electron chi connectivity index (χ1n) is 5.81. The quantitative estimate of drug-likeness (QED) is 0.777. The van der Waals surface area contributed by atoms with Crippen molar-refractivity contribution in [2.45, 2.75) is 12.1 Å². The summed E-state index contributed by atoms with van der Waals surface area (Å²) < 4.78 is 5.24. The van der Waals surface area contributed by atoms with Crippen molar-refractivity contribution in [1.82, 2.24) is 4.90 Å². The first-order valence-corrected chi connectivity index (χ1v) is 5.81. The summed E-state index contributed by atoms with van der Waals surface area (Å²) in [6, 6.07) is 9.26. The zero-order valence-electron chi connectivity index (χ0n) is 9.66. The van der Waals surface area contributed by atoms with E-state index in [0.29, 0.717) is 26.3 Å². The van der Waals surface area contributed by atoms with Gasteiger partial charge in [-0.15, -0.1) is 0 Å². The van der Waals surface area contributed by atoms with Crippen LogP contribution in [0.25, 0.3) is 0 Å². The van der Waals surface area contributed by atoms with E-state index in [1.54, 1.807) is 0 Å². The lowest BCUT2D eigenvalue weighted by Crippen LogP contribution is -2.47. The highest BCUT2D eigenvalue weighted by atomic mass is 16.5. The number of ether oxygens (including phenoxy) is 1. The lowest BCUT2D eigenvalue weighted by Gasteiger charge is -2.33. The number of aliphatic hydroxyl groups is 1. The predicted octanol–water partition coefficient (Wildman–Crippen LogP) is 0.620. The molecule has 4 nitrogen and oxygen atoms in total. The lowest BCUT2D eigenvalue weighted by molar-refractivity contribution is -0.119. The third-order valence-electron chi connectivity index (χ3n) is 3.03. The smallest absolute Gasteiger partial charge is 0.139 e. The molecular formula is C13H17NO3. The van der Waals surface area contributed by atoms with Gasteiger partial charge in [0, 0.05) is 13.1 Å². The van der Waals surface area contributed by atoms with Crippen molar-refractivity contribution in [2.75, 3.05) is 26.3 Å². The van der Waals surface area contributed by atoms with E-state index in [0.717, 1.165) is 11.8 Å². The molecule has 2 rings (SSSR count). The predicted molar refractivity (Wildman–Crippen MR) is 63.6 cm³/mol. The highest BCUT2D eigenvalue weighted by Gasteiger charge is 2.24. The van der Waals surface area contributed by atoms with Gasteiger partial charge in [-0.25, -0.2) is 0 Å². The van der Waals surface area contributed by atoms with E-state index in [1.165, 1.54) is 0 Å². The number of benzene rings is 1. The van der Waals surface area contributed by atoms with Crippen LogP contribution in [0.2, 0.25) is 0 Å². The third kappa shape index (κ3) is 3.12. The maximum atomic E-state index is 10.9. The van der Waals surface area contributed by atoms with Gasteiger partial charge in [-0.3, -0.25) is 4.90 Å². The number of aliphatic hydroxyl groups excluding tert-OH is 1. The molecule has 0 aromatic heterocycles. The Balaban J connectivity index is 1.97. The first kappa shape index (κ1) is 12.2. The van der Waals surface area contributed by atoms with Crippen LogP contribution in [0.5, 0.6) is 0 Å². The highest BCUT2D eigenvalue weighted by Crippen LogP contribution is 2.16. The van der Waals surface area contributed by atoms with E-state index < -0.39 is 6.10 Å². The molecule has 1 aromatic rings. The van der Waals surface area contributed by atoms with Gasteiger partial charge in [0.15, 0.2) is 0 Å². The van der Waals surface area contributed by atoms with Gasteiger partial charge in [-0.2, -0.15) is 0 Å². The Morgan fingerprint density at radius 3 is 2.94 bits per heavy atom. The molecule has 1 aliphatic rings. The van der Waals surface area contributed by atoms with Crippen LogP contribution in [0, 0.1) is 0 Å². The minimum atomic E-state index is -0.559. The summed E-state index contributed by atoms with van der Waals surface area (Å²) in [6.45, 7) is 2.20. The number of morpholine rings is 1. The number of β-amino-alcohol motifs (C(OH)–C–C–N with tert-alkyl or cyclic N) is 1. The molecule has 0 radical (unpaired) electrons. The monoisotopic (exact) mass is 235 g/mol. The summed E-state index contributed by atoms with van der Waals surface area (Å²) in [5.74, 6) is 0. The number of rotatable bonds is 4. The zero-order valence-corrected chi connectivity index (χ0v) is 9.66. The average molecular weight is 235 g/mol. The van der Waals surface area contributed by atoms with Gasteiger partial charge in [0.05, 0.1) is 25.4 Å². The van der Waals surface area contributed by atoms with Gasteiger partial charge in [-0.1, -0.05) is 30.3 Å². The van der Waals surface area contributed by atoms with Gasteiger partial charge in [0.2, 0.25) is 0 Å². The molecular weight excluding hydrogens is 218 g/mol. The third-order valence-corrected chi connectivity index (χ3v) is 3.03. The molecule has 1 aromatic carbocycles. The fraction of sp³-hybridized carbons (Fsp3) is 0.462. The molecule has 1 fully saturated rings. The second-order valence-corrected chi connectivity index (χ2v) is 4.20. The Hall–Kier alpha value is -1.23. The molecule has 2 unspecified atom stereocenters. The van der Waals surface area contributed by atoms with Crippen LogP contribution in [-0.4, -0.2) is 48.6 Å². The molecule has 1 saturated heterocycles. The van der Waals surface area contributed by atoms with Crippen molar-refractivity contribution >= 4 is 6.29 Å². The van der Waals surface area contributed by atoms with Gasteiger partial charge in [0.1, 0.15) is 6.29 Å². The summed E-state index contributed by atoms with van der Waals surface area (Å²) in [7, 11) is 0. The maximum absolute atomic E-state index is 10.9. The van der Waals surface area contributed by atoms with Crippen LogP contribution in [0.1, 0.15) is 11.7 Å². The normalized spacial score (nSPS) is 23.2. The van der Waals surface area contributed by atoms with Crippen LogP contribution in [0.4, 0.5) is 0 Å². The van der Waals surface area contributed by atoms with Crippen molar-refractivity contribution in [1.29, 1.82) is 0 Å². The molecule has 4 heteroatoms. The molecule has 17 heavy (non-hydrogen) atoms. The van der Waals surface area contributed by atoms with Gasteiger partial charge >= 0.3 is 0 Å². The molecule has 1 N–H and O–H groups in total. The Morgan fingerprint density at radius 2 is 2.24 bits per heavy atom. The van der Waals surface area contributed by atoms with Crippen molar-refractivity contribution in [3.63, 3.8) is 0 Å². The van der Waals surface area contributed by atoms with Crippen LogP contribution < -0.4 is 0 Å². The van der Waals surface area contributed by atoms with Gasteiger partial charge in [0.25, 0.3) is 0 Å². The Kier molecular flexibility index (Phi) is 4.25. The maximum Gasteiger partial charge on any atom is 0.139 e.